The molecule has 2 fully saturated rings. The zero-order valence-electron chi connectivity index (χ0n) is 18.6. The van der Waals surface area contributed by atoms with E-state index in [1.54, 1.807) is 12.1 Å². The summed E-state index contributed by atoms with van der Waals surface area (Å²) in [6.45, 7) is 2.49. The molecule has 13 heteroatoms. The normalized spacial score (nSPS) is 20.9. The van der Waals surface area contributed by atoms with Crippen molar-refractivity contribution in [3.63, 3.8) is 0 Å². The highest BCUT2D eigenvalue weighted by Gasteiger charge is 2.44. The fourth-order valence-corrected chi connectivity index (χ4v) is 4.37. The molecule has 1 unspecified atom stereocenters. The Morgan fingerprint density at radius 2 is 1.66 bits per heavy atom. The molecule has 4 N–H and O–H groups in total. The fourth-order valence-electron chi connectivity index (χ4n) is 4.37. The van der Waals surface area contributed by atoms with Crippen molar-refractivity contribution in [1.29, 1.82) is 0 Å². The summed E-state index contributed by atoms with van der Waals surface area (Å²) in [7, 11) is 0. The molecule has 0 spiro atoms. The molecule has 3 aliphatic heterocycles. The van der Waals surface area contributed by atoms with Crippen molar-refractivity contribution in [3.8, 4) is 0 Å². The predicted molar refractivity (Wildman–Crippen MR) is 115 cm³/mol. The molecule has 35 heavy (non-hydrogen) atoms. The van der Waals surface area contributed by atoms with Gasteiger partial charge in [0.2, 0.25) is 11.8 Å². The maximum absolute atomic E-state index is 12.9. The highest BCUT2D eigenvalue weighted by Crippen LogP contribution is 2.32. The number of nitrogens with two attached hydrogens (primary N) is 1. The van der Waals surface area contributed by atoms with E-state index < -0.39 is 35.9 Å². The number of hydrogen-bond donors (Lipinski definition) is 3. The first-order valence-corrected chi connectivity index (χ1v) is 11.0. The molecule has 0 radical (unpaired) electrons. The van der Waals surface area contributed by atoms with Crippen molar-refractivity contribution in [2.24, 2.45) is 11.7 Å². The van der Waals surface area contributed by atoms with Crippen LogP contribution in [0.25, 0.3) is 0 Å². The van der Waals surface area contributed by atoms with Gasteiger partial charge in [-0.05, 0) is 56.3 Å². The Kier molecular flexibility index (Phi) is 7.78. The Morgan fingerprint density at radius 1 is 1.06 bits per heavy atom. The molecule has 0 bridgehead atoms. The van der Waals surface area contributed by atoms with Crippen LogP contribution in [0.2, 0.25) is 0 Å². The second kappa shape index (κ2) is 10.4. The number of rotatable bonds is 4. The van der Waals surface area contributed by atoms with Gasteiger partial charge in [0.05, 0.1) is 11.1 Å². The van der Waals surface area contributed by atoms with Gasteiger partial charge in [-0.2, -0.15) is 13.2 Å². The van der Waals surface area contributed by atoms with Crippen LogP contribution in [0.5, 0.6) is 0 Å². The summed E-state index contributed by atoms with van der Waals surface area (Å²) in [5.74, 6) is -4.02. The molecule has 0 aromatic heterocycles. The van der Waals surface area contributed by atoms with Crippen LogP contribution in [-0.4, -0.2) is 71.5 Å². The zero-order chi connectivity index (χ0) is 25.9. The van der Waals surface area contributed by atoms with Gasteiger partial charge in [-0.1, -0.05) is 0 Å². The third-order valence-corrected chi connectivity index (χ3v) is 6.22. The third-order valence-electron chi connectivity index (χ3n) is 6.22. The number of carboxylic acid groups (broad SMARTS) is 1. The van der Waals surface area contributed by atoms with Crippen LogP contribution < -0.4 is 16.0 Å². The molecular formula is C22H25F3N4O6. The molecule has 4 rings (SSSR count). The van der Waals surface area contributed by atoms with Crippen LogP contribution in [0.1, 0.15) is 52.8 Å². The Bertz CT molecular complexity index is 1040. The van der Waals surface area contributed by atoms with Crippen molar-refractivity contribution >= 4 is 35.3 Å². The monoisotopic (exact) mass is 498 g/mol. The lowest BCUT2D eigenvalue weighted by atomic mass is 9.93. The third kappa shape index (κ3) is 5.78. The van der Waals surface area contributed by atoms with Gasteiger partial charge in [0, 0.05) is 25.2 Å². The average Bonchev–Trinajstić information content (AvgIpc) is 3.04. The maximum atomic E-state index is 12.9. The van der Waals surface area contributed by atoms with E-state index in [-0.39, 0.29) is 18.7 Å². The van der Waals surface area contributed by atoms with E-state index in [0.29, 0.717) is 23.6 Å². The summed E-state index contributed by atoms with van der Waals surface area (Å²) < 4.78 is 31.7. The van der Waals surface area contributed by atoms with E-state index in [9.17, 15) is 32.3 Å². The van der Waals surface area contributed by atoms with Crippen LogP contribution in [0, 0.1) is 5.92 Å². The summed E-state index contributed by atoms with van der Waals surface area (Å²) in [5, 5.41) is 9.34. The number of carbonyl (C=O) groups is 5. The summed E-state index contributed by atoms with van der Waals surface area (Å²) in [6, 6.07) is 4.36. The number of benzene rings is 1. The lowest BCUT2D eigenvalue weighted by Crippen LogP contribution is -2.54. The molecule has 4 amide bonds. The minimum Gasteiger partial charge on any atom is -0.475 e. The Balaban J connectivity index is 0.000000429. The largest absolute Gasteiger partial charge is 0.490 e. The van der Waals surface area contributed by atoms with Crippen LogP contribution in [0.15, 0.2) is 18.2 Å². The molecule has 190 valence electrons. The molecule has 0 saturated carbocycles. The van der Waals surface area contributed by atoms with Gasteiger partial charge in [-0.25, -0.2) is 4.79 Å². The summed E-state index contributed by atoms with van der Waals surface area (Å²) in [5.41, 5.74) is 7.21. The Hall–Kier alpha value is -3.48. The number of piperidine rings is 2. The number of nitrogens with one attached hydrogen (secondary N) is 1. The lowest BCUT2D eigenvalue weighted by molar-refractivity contribution is -0.192. The van der Waals surface area contributed by atoms with Gasteiger partial charge in [0.25, 0.3) is 11.8 Å². The summed E-state index contributed by atoms with van der Waals surface area (Å²) in [6.07, 6.45) is -1.65. The van der Waals surface area contributed by atoms with Crippen LogP contribution in [0.3, 0.4) is 0 Å². The van der Waals surface area contributed by atoms with Crippen molar-refractivity contribution in [2.45, 2.75) is 44.3 Å². The number of hydrogen-bond acceptors (Lipinski definition) is 7. The van der Waals surface area contributed by atoms with E-state index in [0.717, 1.165) is 42.9 Å². The molecule has 10 nitrogen and oxygen atoms in total. The van der Waals surface area contributed by atoms with E-state index in [4.69, 9.17) is 15.6 Å². The van der Waals surface area contributed by atoms with Crippen LogP contribution >= 0.6 is 0 Å². The van der Waals surface area contributed by atoms with Crippen LogP contribution in [-0.2, 0) is 14.4 Å². The van der Waals surface area contributed by atoms with E-state index >= 15 is 0 Å². The van der Waals surface area contributed by atoms with Crippen molar-refractivity contribution < 1.29 is 42.3 Å². The standard InChI is InChI=1S/C20H24N4O4.C2HF3O2/c21-8-5-12-6-9-23(10-7-12)13-1-2-14-15(11-13)20(28)24(19(14)27)16-3-4-17(25)22-18(16)26;3-2(4,5)1(6)7/h1-2,11-12,16H,3-10,21H2,(H,22,25,26);(H,6,7). The van der Waals surface area contributed by atoms with E-state index in [1.807, 2.05) is 6.07 Å². The van der Waals surface area contributed by atoms with Gasteiger partial charge in [-0.15, -0.1) is 0 Å². The molecular weight excluding hydrogens is 473 g/mol. The molecule has 3 aliphatic rings. The first-order valence-electron chi connectivity index (χ1n) is 11.0. The number of fused-ring (bicyclic) bond motifs is 1. The number of carbonyl (C=O) groups excluding carboxylic acids is 4. The molecule has 0 aliphatic carbocycles. The van der Waals surface area contributed by atoms with Gasteiger partial charge in [-0.3, -0.25) is 29.4 Å². The van der Waals surface area contributed by atoms with Gasteiger partial charge < -0.3 is 15.7 Å². The minimum absolute atomic E-state index is 0.118. The minimum atomic E-state index is -5.08. The van der Waals surface area contributed by atoms with E-state index in [1.165, 1.54) is 0 Å². The number of aliphatic carboxylic acids is 1. The Morgan fingerprint density at radius 3 is 2.20 bits per heavy atom. The first-order chi connectivity index (χ1) is 16.4. The highest BCUT2D eigenvalue weighted by molar-refractivity contribution is 6.23. The second-order valence-electron chi connectivity index (χ2n) is 8.49. The lowest BCUT2D eigenvalue weighted by Gasteiger charge is -2.33. The van der Waals surface area contributed by atoms with Gasteiger partial charge in [0.15, 0.2) is 0 Å². The molecule has 1 atom stereocenters. The van der Waals surface area contributed by atoms with Crippen molar-refractivity contribution in [3.05, 3.63) is 29.3 Å². The van der Waals surface area contributed by atoms with Gasteiger partial charge >= 0.3 is 12.1 Å². The SMILES string of the molecule is NCCC1CCN(c2ccc3c(c2)C(=O)N(C2CCC(=O)NC2=O)C3=O)CC1.O=C(O)C(F)(F)F. The number of carboxylic acids is 1. The molecule has 1 aromatic carbocycles. The fraction of sp³-hybridized carbons (Fsp3) is 0.500. The number of nitrogens with zero attached hydrogens (tertiary/aromatic N) is 2. The van der Waals surface area contributed by atoms with Gasteiger partial charge in [0.1, 0.15) is 6.04 Å². The highest BCUT2D eigenvalue weighted by atomic mass is 19.4. The average molecular weight is 498 g/mol. The predicted octanol–water partition coefficient (Wildman–Crippen LogP) is 1.29. The molecule has 2 saturated heterocycles. The van der Waals surface area contributed by atoms with Crippen LogP contribution in [0.4, 0.5) is 18.9 Å². The number of amides is 4. The number of alkyl halides is 3. The molecule has 1 aromatic rings. The molecule has 3 heterocycles. The number of imide groups is 2. The Labute approximate surface area is 198 Å². The number of halogens is 3. The first kappa shape index (κ1) is 26.1. The second-order valence-corrected chi connectivity index (χ2v) is 8.49. The van der Waals surface area contributed by atoms with E-state index in [2.05, 4.69) is 10.2 Å². The summed E-state index contributed by atoms with van der Waals surface area (Å²) >= 11 is 0. The topological polar surface area (TPSA) is 150 Å². The smallest absolute Gasteiger partial charge is 0.475 e. The van der Waals surface area contributed by atoms with Crippen molar-refractivity contribution in [1.82, 2.24) is 10.2 Å². The maximum Gasteiger partial charge on any atom is 0.490 e. The van der Waals surface area contributed by atoms with Crippen molar-refractivity contribution in [2.75, 3.05) is 24.5 Å². The number of anilines is 1. The zero-order valence-corrected chi connectivity index (χ0v) is 18.6. The quantitative estimate of drug-likeness (QED) is 0.526. The summed E-state index contributed by atoms with van der Waals surface area (Å²) in [4.78, 5) is 61.3.